The largest absolute Gasteiger partial charge is 0.480 e. The van der Waals surface area contributed by atoms with Crippen LogP contribution in [0.1, 0.15) is 26.7 Å². The van der Waals surface area contributed by atoms with E-state index in [4.69, 9.17) is 0 Å². The lowest BCUT2D eigenvalue weighted by Gasteiger charge is -2.33. The zero-order chi connectivity index (χ0) is 37.1. The van der Waals surface area contributed by atoms with Gasteiger partial charge >= 0.3 is 17.9 Å². The van der Waals surface area contributed by atoms with E-state index in [1.165, 1.54) is 35.8 Å². The summed E-state index contributed by atoms with van der Waals surface area (Å²) < 4.78 is 0. The molecule has 4 amide bonds. The summed E-state index contributed by atoms with van der Waals surface area (Å²) >= 11 is 0. The van der Waals surface area contributed by atoms with E-state index in [0.717, 1.165) is 12.8 Å². The molecule has 280 valence electrons. The van der Waals surface area contributed by atoms with Crippen molar-refractivity contribution in [3.8, 4) is 0 Å². The Kier molecular flexibility index (Phi) is 20.0. The van der Waals surface area contributed by atoms with Gasteiger partial charge < -0.3 is 35.3 Å². The molecule has 0 bridgehead atoms. The number of carbonyl (C=O) groups excluding carboxylic acids is 4. The lowest BCUT2D eigenvalue weighted by molar-refractivity contribution is -0.143. The first-order chi connectivity index (χ1) is 23.0. The fourth-order valence-corrected chi connectivity index (χ4v) is 5.02. The molecular formula is C31H56N8O10. The third-order valence-electron chi connectivity index (χ3n) is 8.05. The molecule has 18 heteroatoms. The first-order valence-corrected chi connectivity index (χ1v) is 16.5. The van der Waals surface area contributed by atoms with Crippen LogP contribution in [0.5, 0.6) is 0 Å². The van der Waals surface area contributed by atoms with Gasteiger partial charge in [-0.3, -0.25) is 53.2 Å². The van der Waals surface area contributed by atoms with Crippen molar-refractivity contribution in [2.24, 2.45) is 5.92 Å². The summed E-state index contributed by atoms with van der Waals surface area (Å²) in [6.45, 7) is 4.99. The number of rotatable bonds is 18. The molecule has 0 aromatic rings. The van der Waals surface area contributed by atoms with Crippen LogP contribution in [0.15, 0.2) is 0 Å². The van der Waals surface area contributed by atoms with Gasteiger partial charge in [-0.2, -0.15) is 0 Å². The average Bonchev–Trinajstić information content (AvgIpc) is 2.99. The fourth-order valence-electron chi connectivity index (χ4n) is 5.02. The monoisotopic (exact) mass is 700 g/mol. The van der Waals surface area contributed by atoms with Gasteiger partial charge in [-0.15, -0.1) is 0 Å². The molecule has 0 unspecified atom stereocenters. The second-order valence-corrected chi connectivity index (χ2v) is 12.9. The molecule has 1 saturated heterocycles. The van der Waals surface area contributed by atoms with Crippen molar-refractivity contribution in [2.45, 2.75) is 26.7 Å². The third-order valence-corrected chi connectivity index (χ3v) is 8.05. The van der Waals surface area contributed by atoms with Gasteiger partial charge in [0, 0.05) is 80.0 Å². The summed E-state index contributed by atoms with van der Waals surface area (Å²) in [4.78, 5) is 95.7. The van der Waals surface area contributed by atoms with Crippen LogP contribution in [-0.4, -0.2) is 217 Å². The number of carbonyl (C=O) groups is 7. The Labute approximate surface area is 288 Å². The van der Waals surface area contributed by atoms with E-state index in [-0.39, 0.29) is 104 Å². The van der Waals surface area contributed by atoms with Crippen molar-refractivity contribution in [3.63, 3.8) is 0 Å². The SMILES string of the molecule is CC(C)CCCNC(=O)CN(C)C(=O)CN(C)C(=O)CN(C)C(=O)CN1CCN(CC(=O)O)CCN(CC(=O)O)CCN(CC(=O)O)CC1. The number of nitrogens with zero attached hydrogens (tertiary/aromatic N) is 7. The number of carboxylic acid groups (broad SMARTS) is 3. The zero-order valence-corrected chi connectivity index (χ0v) is 29.6. The van der Waals surface area contributed by atoms with Gasteiger partial charge in [-0.1, -0.05) is 13.8 Å². The van der Waals surface area contributed by atoms with Crippen molar-refractivity contribution in [3.05, 3.63) is 0 Å². The van der Waals surface area contributed by atoms with Crippen LogP contribution in [0, 0.1) is 5.92 Å². The fraction of sp³-hybridized carbons (Fsp3) is 0.774. The number of carboxylic acids is 3. The summed E-state index contributed by atoms with van der Waals surface area (Å²) in [5.41, 5.74) is 0. The van der Waals surface area contributed by atoms with E-state index in [0.29, 0.717) is 12.5 Å². The Morgan fingerprint density at radius 3 is 1.22 bits per heavy atom. The maximum Gasteiger partial charge on any atom is 0.317 e. The Morgan fingerprint density at radius 1 is 0.551 bits per heavy atom. The minimum absolute atomic E-state index is 0.131. The van der Waals surface area contributed by atoms with E-state index >= 15 is 0 Å². The Bertz CT molecular complexity index is 1090. The van der Waals surface area contributed by atoms with E-state index in [9.17, 15) is 48.9 Å². The third kappa shape index (κ3) is 19.7. The summed E-state index contributed by atoms with van der Waals surface area (Å²) in [6.07, 6.45) is 1.81. The molecule has 0 radical (unpaired) electrons. The molecule has 49 heavy (non-hydrogen) atoms. The molecule has 0 aromatic heterocycles. The maximum atomic E-state index is 13.2. The van der Waals surface area contributed by atoms with Crippen molar-refractivity contribution in [1.29, 1.82) is 0 Å². The Hall–Kier alpha value is -3.87. The van der Waals surface area contributed by atoms with Crippen LogP contribution < -0.4 is 5.32 Å². The highest BCUT2D eigenvalue weighted by Gasteiger charge is 2.24. The predicted molar refractivity (Wildman–Crippen MR) is 179 cm³/mol. The minimum atomic E-state index is -1.06. The molecule has 1 fully saturated rings. The highest BCUT2D eigenvalue weighted by Crippen LogP contribution is 2.04. The second-order valence-electron chi connectivity index (χ2n) is 12.9. The number of hydrogen-bond donors (Lipinski definition) is 4. The normalized spacial score (nSPS) is 15.9. The van der Waals surface area contributed by atoms with Gasteiger partial charge in [-0.05, 0) is 18.8 Å². The lowest BCUT2D eigenvalue weighted by Crippen LogP contribution is -2.50. The van der Waals surface area contributed by atoms with Crippen LogP contribution >= 0.6 is 0 Å². The molecule has 1 rings (SSSR count). The first-order valence-electron chi connectivity index (χ1n) is 16.5. The van der Waals surface area contributed by atoms with E-state index < -0.39 is 35.6 Å². The van der Waals surface area contributed by atoms with E-state index in [1.54, 1.807) is 19.6 Å². The second kappa shape index (κ2) is 22.7. The number of aliphatic carboxylic acids is 3. The van der Waals surface area contributed by atoms with Crippen molar-refractivity contribution >= 4 is 41.5 Å². The predicted octanol–water partition coefficient (Wildman–Crippen LogP) is -2.61. The van der Waals surface area contributed by atoms with Crippen molar-refractivity contribution in [1.82, 2.24) is 39.6 Å². The van der Waals surface area contributed by atoms with Gasteiger partial charge in [0.15, 0.2) is 0 Å². The van der Waals surface area contributed by atoms with Gasteiger partial charge in [0.05, 0.1) is 45.8 Å². The molecule has 18 nitrogen and oxygen atoms in total. The number of nitrogens with one attached hydrogen (secondary N) is 1. The van der Waals surface area contributed by atoms with Crippen LogP contribution in [0.2, 0.25) is 0 Å². The maximum absolute atomic E-state index is 13.2. The smallest absolute Gasteiger partial charge is 0.317 e. The summed E-state index contributed by atoms with van der Waals surface area (Å²) in [7, 11) is 4.36. The number of hydrogen-bond acceptors (Lipinski definition) is 11. The Balaban J connectivity index is 2.81. The summed E-state index contributed by atoms with van der Waals surface area (Å²) in [5, 5.41) is 30.9. The molecule has 1 aliphatic heterocycles. The standard InChI is InChI=1S/C31H56N8O10/c1-24(2)7-6-8-32-25(40)17-33(3)26(41)18-34(4)27(42)19-35(5)28(43)20-36-9-11-37(21-29(44)45)13-15-39(23-31(48)49)16-14-38(12-10-36)22-30(46)47/h24H,6-23H2,1-5H3,(H,32,40)(H,44,45)(H,46,47)(H,48,49). The van der Waals surface area contributed by atoms with E-state index in [1.807, 2.05) is 0 Å². The van der Waals surface area contributed by atoms with E-state index in [2.05, 4.69) is 19.2 Å². The highest BCUT2D eigenvalue weighted by molar-refractivity contribution is 5.90. The molecule has 0 atom stereocenters. The summed E-state index contributed by atoms with van der Waals surface area (Å²) in [6, 6.07) is 0. The molecule has 1 heterocycles. The summed E-state index contributed by atoms with van der Waals surface area (Å²) in [5.74, 6) is -4.27. The number of amides is 4. The lowest BCUT2D eigenvalue weighted by atomic mass is 10.1. The molecule has 1 aliphatic rings. The van der Waals surface area contributed by atoms with Crippen LogP contribution in [0.4, 0.5) is 0 Å². The van der Waals surface area contributed by atoms with Crippen molar-refractivity contribution in [2.75, 3.05) is 126 Å². The molecule has 0 aromatic carbocycles. The highest BCUT2D eigenvalue weighted by atomic mass is 16.4. The molecule has 0 saturated carbocycles. The molecular weight excluding hydrogens is 644 g/mol. The van der Waals surface area contributed by atoms with Crippen LogP contribution in [-0.2, 0) is 33.6 Å². The van der Waals surface area contributed by atoms with Crippen molar-refractivity contribution < 1.29 is 48.9 Å². The van der Waals surface area contributed by atoms with Gasteiger partial charge in [0.1, 0.15) is 0 Å². The minimum Gasteiger partial charge on any atom is -0.480 e. The van der Waals surface area contributed by atoms with Crippen LogP contribution in [0.3, 0.4) is 0 Å². The quantitative estimate of drug-likeness (QED) is 0.108. The first kappa shape index (κ1) is 43.2. The average molecular weight is 701 g/mol. The van der Waals surface area contributed by atoms with Crippen LogP contribution in [0.25, 0.3) is 0 Å². The van der Waals surface area contributed by atoms with Gasteiger partial charge in [0.2, 0.25) is 23.6 Å². The zero-order valence-electron chi connectivity index (χ0n) is 29.6. The van der Waals surface area contributed by atoms with Gasteiger partial charge in [-0.25, -0.2) is 0 Å². The molecule has 0 aliphatic carbocycles. The van der Waals surface area contributed by atoms with Gasteiger partial charge in [0.25, 0.3) is 0 Å². The Morgan fingerprint density at radius 2 is 0.878 bits per heavy atom. The topological polar surface area (TPSA) is 215 Å². The number of likely N-dealkylation sites (N-methyl/N-ethyl adjacent to an activating group) is 3. The molecule has 4 N–H and O–H groups in total. The molecule has 0 spiro atoms.